The summed E-state index contributed by atoms with van der Waals surface area (Å²) in [6, 6.07) is 1.81. The van der Waals surface area contributed by atoms with Crippen LogP contribution < -0.4 is 5.32 Å². The van der Waals surface area contributed by atoms with Gasteiger partial charge in [0.15, 0.2) is 0 Å². The number of carboxylic acids is 1. The van der Waals surface area contributed by atoms with Crippen LogP contribution in [0, 0.1) is 5.82 Å². The summed E-state index contributed by atoms with van der Waals surface area (Å²) in [6.45, 7) is -0.229. The molecule has 1 rings (SSSR count). The molecule has 0 saturated heterocycles. The zero-order valence-electron chi connectivity index (χ0n) is 9.42. The summed E-state index contributed by atoms with van der Waals surface area (Å²) in [5, 5.41) is 10.5. The number of halogens is 4. The van der Waals surface area contributed by atoms with Crippen LogP contribution in [0.1, 0.15) is 22.3 Å². The van der Waals surface area contributed by atoms with Crippen molar-refractivity contribution in [2.75, 3.05) is 6.54 Å². The maximum Gasteiger partial charge on any atom is 0.419 e. The molecule has 1 aromatic rings. The highest BCUT2D eigenvalue weighted by atomic mass is 19.4. The van der Waals surface area contributed by atoms with Gasteiger partial charge in [-0.25, -0.2) is 4.39 Å². The van der Waals surface area contributed by atoms with E-state index in [1.807, 2.05) is 0 Å². The molecule has 1 amide bonds. The third-order valence-corrected chi connectivity index (χ3v) is 2.16. The first-order valence-electron chi connectivity index (χ1n) is 5.08. The van der Waals surface area contributed by atoms with Gasteiger partial charge in [-0.3, -0.25) is 9.59 Å². The Morgan fingerprint density at radius 1 is 1.26 bits per heavy atom. The number of carbonyl (C=O) groups excluding carboxylic acids is 1. The zero-order chi connectivity index (χ0) is 14.6. The quantitative estimate of drug-likeness (QED) is 0.829. The molecule has 0 aliphatic heterocycles. The predicted octanol–water partition coefficient (Wildman–Crippen LogP) is 2.05. The van der Waals surface area contributed by atoms with Gasteiger partial charge >= 0.3 is 12.1 Å². The first-order valence-corrected chi connectivity index (χ1v) is 5.08. The van der Waals surface area contributed by atoms with E-state index in [4.69, 9.17) is 5.11 Å². The summed E-state index contributed by atoms with van der Waals surface area (Å²) in [7, 11) is 0. The molecule has 0 radical (unpaired) electrons. The lowest BCUT2D eigenvalue weighted by Crippen LogP contribution is -2.26. The molecule has 8 heteroatoms. The first-order chi connectivity index (χ1) is 8.71. The highest BCUT2D eigenvalue weighted by Crippen LogP contribution is 2.31. The molecule has 0 fully saturated rings. The van der Waals surface area contributed by atoms with Crippen LogP contribution in [0.3, 0.4) is 0 Å². The summed E-state index contributed by atoms with van der Waals surface area (Å²) >= 11 is 0. The number of carbonyl (C=O) groups is 2. The average Bonchev–Trinajstić information content (AvgIpc) is 2.27. The monoisotopic (exact) mass is 279 g/mol. The van der Waals surface area contributed by atoms with Crippen LogP contribution in [-0.2, 0) is 11.0 Å². The second-order valence-electron chi connectivity index (χ2n) is 3.59. The zero-order valence-corrected chi connectivity index (χ0v) is 9.42. The lowest BCUT2D eigenvalue weighted by Gasteiger charge is -2.10. The van der Waals surface area contributed by atoms with E-state index in [0.29, 0.717) is 12.1 Å². The summed E-state index contributed by atoms with van der Waals surface area (Å²) in [4.78, 5) is 21.6. The Labute approximate surface area is 105 Å². The number of carboxylic acid groups (broad SMARTS) is 1. The fraction of sp³-hybridized carbons (Fsp3) is 0.273. The SMILES string of the molecule is O=C(O)CCNC(=O)c1ccc(F)c(C(F)(F)F)c1. The Morgan fingerprint density at radius 2 is 1.89 bits per heavy atom. The Bertz CT molecular complexity index is 499. The normalized spacial score (nSPS) is 11.2. The number of hydrogen-bond acceptors (Lipinski definition) is 2. The molecular formula is C11H9F4NO3. The van der Waals surface area contributed by atoms with Crippen molar-refractivity contribution in [3.63, 3.8) is 0 Å². The van der Waals surface area contributed by atoms with Gasteiger partial charge in [-0.2, -0.15) is 13.2 Å². The Morgan fingerprint density at radius 3 is 2.42 bits per heavy atom. The molecule has 0 spiro atoms. The molecule has 1 aromatic carbocycles. The third-order valence-electron chi connectivity index (χ3n) is 2.16. The molecule has 0 unspecified atom stereocenters. The molecule has 19 heavy (non-hydrogen) atoms. The number of aliphatic carboxylic acids is 1. The van der Waals surface area contributed by atoms with E-state index in [2.05, 4.69) is 5.32 Å². The van der Waals surface area contributed by atoms with E-state index in [9.17, 15) is 27.2 Å². The van der Waals surface area contributed by atoms with Gasteiger partial charge in [0, 0.05) is 12.1 Å². The van der Waals surface area contributed by atoms with Gasteiger partial charge < -0.3 is 10.4 Å². The minimum Gasteiger partial charge on any atom is -0.481 e. The van der Waals surface area contributed by atoms with E-state index in [1.165, 1.54) is 0 Å². The molecular weight excluding hydrogens is 270 g/mol. The third kappa shape index (κ3) is 4.23. The standard InChI is InChI=1S/C11H9F4NO3/c12-8-2-1-6(5-7(8)11(13,14)15)10(19)16-4-3-9(17)18/h1-2,5H,3-4H2,(H,16,19)(H,17,18). The second-order valence-corrected chi connectivity index (χ2v) is 3.59. The molecule has 4 nitrogen and oxygen atoms in total. The van der Waals surface area contributed by atoms with Crippen molar-refractivity contribution >= 4 is 11.9 Å². The van der Waals surface area contributed by atoms with Crippen molar-refractivity contribution in [1.82, 2.24) is 5.32 Å². The number of amides is 1. The molecule has 0 atom stereocenters. The topological polar surface area (TPSA) is 66.4 Å². The first kappa shape index (κ1) is 14.9. The second kappa shape index (κ2) is 5.68. The molecule has 0 bridgehead atoms. The van der Waals surface area contributed by atoms with Gasteiger partial charge in [0.1, 0.15) is 5.82 Å². The van der Waals surface area contributed by atoms with Crippen molar-refractivity contribution in [1.29, 1.82) is 0 Å². The van der Waals surface area contributed by atoms with E-state index in [-0.39, 0.29) is 18.5 Å². The molecule has 0 aliphatic carbocycles. The number of rotatable bonds is 4. The predicted molar refractivity (Wildman–Crippen MR) is 56.0 cm³/mol. The fourth-order valence-electron chi connectivity index (χ4n) is 1.27. The molecule has 2 N–H and O–H groups in total. The van der Waals surface area contributed by atoms with Crippen molar-refractivity contribution in [3.05, 3.63) is 35.1 Å². The van der Waals surface area contributed by atoms with Gasteiger partial charge in [0.05, 0.1) is 12.0 Å². The molecule has 0 aromatic heterocycles. The highest BCUT2D eigenvalue weighted by molar-refractivity contribution is 5.94. The van der Waals surface area contributed by atoms with E-state index in [0.717, 1.165) is 6.07 Å². The van der Waals surface area contributed by atoms with Crippen molar-refractivity contribution < 1.29 is 32.3 Å². The van der Waals surface area contributed by atoms with Crippen LogP contribution in [0.15, 0.2) is 18.2 Å². The maximum atomic E-state index is 13.0. The van der Waals surface area contributed by atoms with E-state index >= 15 is 0 Å². The van der Waals surface area contributed by atoms with Gasteiger partial charge in [-0.05, 0) is 18.2 Å². The summed E-state index contributed by atoms with van der Waals surface area (Å²) in [5.41, 5.74) is -1.93. The fourth-order valence-corrected chi connectivity index (χ4v) is 1.27. The lowest BCUT2D eigenvalue weighted by molar-refractivity contribution is -0.140. The van der Waals surface area contributed by atoms with E-state index in [1.54, 1.807) is 0 Å². The van der Waals surface area contributed by atoms with Crippen LogP contribution in [0.2, 0.25) is 0 Å². The number of benzene rings is 1. The van der Waals surface area contributed by atoms with Crippen LogP contribution in [0.4, 0.5) is 17.6 Å². The van der Waals surface area contributed by atoms with Gasteiger partial charge in [-0.15, -0.1) is 0 Å². The number of nitrogens with one attached hydrogen (secondary N) is 1. The summed E-state index contributed by atoms with van der Waals surface area (Å²) in [6.07, 6.45) is -5.26. The minimum atomic E-state index is -4.90. The molecule has 0 saturated carbocycles. The van der Waals surface area contributed by atoms with Crippen molar-refractivity contribution in [2.45, 2.75) is 12.6 Å². The molecule has 0 heterocycles. The Hall–Kier alpha value is -2.12. The Balaban J connectivity index is 2.84. The van der Waals surface area contributed by atoms with Crippen LogP contribution in [0.25, 0.3) is 0 Å². The average molecular weight is 279 g/mol. The van der Waals surface area contributed by atoms with Crippen molar-refractivity contribution in [2.24, 2.45) is 0 Å². The van der Waals surface area contributed by atoms with Crippen LogP contribution in [-0.4, -0.2) is 23.5 Å². The molecule has 104 valence electrons. The summed E-state index contributed by atoms with van der Waals surface area (Å²) < 4.78 is 50.2. The highest BCUT2D eigenvalue weighted by Gasteiger charge is 2.34. The maximum absolute atomic E-state index is 13.0. The van der Waals surface area contributed by atoms with Crippen molar-refractivity contribution in [3.8, 4) is 0 Å². The van der Waals surface area contributed by atoms with Crippen LogP contribution in [0.5, 0.6) is 0 Å². The largest absolute Gasteiger partial charge is 0.481 e. The smallest absolute Gasteiger partial charge is 0.419 e. The van der Waals surface area contributed by atoms with Crippen LogP contribution >= 0.6 is 0 Å². The van der Waals surface area contributed by atoms with E-state index < -0.39 is 29.4 Å². The van der Waals surface area contributed by atoms with Gasteiger partial charge in [0.2, 0.25) is 0 Å². The Kier molecular flexibility index (Phi) is 4.47. The molecule has 0 aliphatic rings. The number of hydrogen-bond donors (Lipinski definition) is 2. The van der Waals surface area contributed by atoms with Gasteiger partial charge in [0.25, 0.3) is 5.91 Å². The summed E-state index contributed by atoms with van der Waals surface area (Å²) in [5.74, 6) is -3.53. The lowest BCUT2D eigenvalue weighted by atomic mass is 10.1. The number of alkyl halides is 3. The minimum absolute atomic E-state index is 0.229. The van der Waals surface area contributed by atoms with Gasteiger partial charge in [-0.1, -0.05) is 0 Å².